The summed E-state index contributed by atoms with van der Waals surface area (Å²) < 4.78 is 19.2. The Morgan fingerprint density at radius 3 is 2.52 bits per heavy atom. The molecule has 3 heterocycles. The summed E-state index contributed by atoms with van der Waals surface area (Å²) in [6.07, 6.45) is 2.51. The van der Waals surface area contributed by atoms with E-state index in [2.05, 4.69) is 32.9 Å². The molecule has 0 bridgehead atoms. The predicted octanol–water partition coefficient (Wildman–Crippen LogP) is 4.36. The highest BCUT2D eigenvalue weighted by Crippen LogP contribution is 2.24. The number of piperidine rings is 1. The van der Waals surface area contributed by atoms with E-state index in [9.17, 15) is 4.39 Å². The van der Waals surface area contributed by atoms with Crippen LogP contribution in [-0.2, 0) is 6.54 Å². The standard InChI is InChI=1S/C24H28FN3O/c25-20-7-9-21(10-8-20)27-12-14-28(15-13-27)22-5-3-11-26(17-22)18-23-16-19-4-1-2-6-24(19)29-23/h1-2,4,6-10,16,22H,3,5,11-15,17-18H2. The third kappa shape index (κ3) is 4.16. The van der Waals surface area contributed by atoms with Crippen molar-refractivity contribution in [1.29, 1.82) is 0 Å². The molecule has 2 fully saturated rings. The van der Waals surface area contributed by atoms with Gasteiger partial charge in [-0.1, -0.05) is 18.2 Å². The monoisotopic (exact) mass is 393 g/mol. The summed E-state index contributed by atoms with van der Waals surface area (Å²) in [7, 11) is 0. The van der Waals surface area contributed by atoms with E-state index in [1.54, 1.807) is 12.1 Å². The van der Waals surface area contributed by atoms with Gasteiger partial charge in [-0.15, -0.1) is 0 Å². The average Bonchev–Trinajstić information content (AvgIpc) is 3.17. The smallest absolute Gasteiger partial charge is 0.134 e. The van der Waals surface area contributed by atoms with Crippen molar-refractivity contribution in [1.82, 2.24) is 9.80 Å². The van der Waals surface area contributed by atoms with Gasteiger partial charge in [-0.3, -0.25) is 9.80 Å². The second-order valence-electron chi connectivity index (χ2n) is 8.28. The van der Waals surface area contributed by atoms with Gasteiger partial charge in [0.15, 0.2) is 0 Å². The number of hydrogen-bond donors (Lipinski definition) is 0. The van der Waals surface area contributed by atoms with E-state index in [-0.39, 0.29) is 5.82 Å². The van der Waals surface area contributed by atoms with Crippen molar-refractivity contribution < 1.29 is 8.81 Å². The van der Waals surface area contributed by atoms with Gasteiger partial charge < -0.3 is 9.32 Å². The molecule has 0 aliphatic carbocycles. The zero-order valence-electron chi connectivity index (χ0n) is 16.8. The lowest BCUT2D eigenvalue weighted by Crippen LogP contribution is -2.55. The van der Waals surface area contributed by atoms with Crippen molar-refractivity contribution >= 4 is 16.7 Å². The van der Waals surface area contributed by atoms with Gasteiger partial charge in [0.2, 0.25) is 0 Å². The number of anilines is 1. The Balaban J connectivity index is 1.17. The Morgan fingerprint density at radius 2 is 1.72 bits per heavy atom. The Kier molecular flexibility index (Phi) is 5.25. The van der Waals surface area contributed by atoms with Crippen LogP contribution in [0.2, 0.25) is 0 Å². The largest absolute Gasteiger partial charge is 0.460 e. The molecule has 2 aliphatic heterocycles. The highest BCUT2D eigenvalue weighted by molar-refractivity contribution is 5.77. The highest BCUT2D eigenvalue weighted by Gasteiger charge is 2.28. The molecule has 0 radical (unpaired) electrons. The number of furan rings is 1. The van der Waals surface area contributed by atoms with Crippen molar-refractivity contribution in [2.75, 3.05) is 44.2 Å². The number of fused-ring (bicyclic) bond motifs is 1. The van der Waals surface area contributed by atoms with Crippen LogP contribution < -0.4 is 4.90 Å². The van der Waals surface area contributed by atoms with E-state index >= 15 is 0 Å². The van der Waals surface area contributed by atoms with Crippen LogP contribution >= 0.6 is 0 Å². The van der Waals surface area contributed by atoms with Crippen LogP contribution in [0, 0.1) is 5.82 Å². The predicted molar refractivity (Wildman–Crippen MR) is 115 cm³/mol. The first-order valence-electron chi connectivity index (χ1n) is 10.7. The third-order valence-electron chi connectivity index (χ3n) is 6.36. The lowest BCUT2D eigenvalue weighted by atomic mass is 10.0. The van der Waals surface area contributed by atoms with E-state index in [1.165, 1.54) is 18.2 Å². The SMILES string of the molecule is Fc1ccc(N2CCN(C3CCCN(Cc4cc5ccccc5o4)C3)CC2)cc1. The van der Waals surface area contributed by atoms with Crippen molar-refractivity contribution in [3.05, 3.63) is 66.2 Å². The Labute approximate surface area is 171 Å². The maximum atomic E-state index is 13.2. The fraction of sp³-hybridized carbons (Fsp3) is 0.417. The highest BCUT2D eigenvalue weighted by atomic mass is 19.1. The molecule has 0 saturated carbocycles. The molecule has 2 saturated heterocycles. The summed E-state index contributed by atoms with van der Waals surface area (Å²) in [6, 6.07) is 17.9. The van der Waals surface area contributed by atoms with E-state index in [0.717, 1.165) is 62.8 Å². The summed E-state index contributed by atoms with van der Waals surface area (Å²) >= 11 is 0. The van der Waals surface area contributed by atoms with Gasteiger partial charge >= 0.3 is 0 Å². The minimum Gasteiger partial charge on any atom is -0.460 e. The first-order chi connectivity index (χ1) is 14.2. The molecule has 4 nitrogen and oxygen atoms in total. The van der Waals surface area contributed by atoms with Crippen LogP contribution in [0.1, 0.15) is 18.6 Å². The molecule has 5 heteroatoms. The molecule has 1 atom stereocenters. The van der Waals surface area contributed by atoms with Gasteiger partial charge in [0, 0.05) is 49.8 Å². The lowest BCUT2D eigenvalue weighted by Gasteiger charge is -2.43. The number of para-hydroxylation sites is 1. The van der Waals surface area contributed by atoms with Gasteiger partial charge in [-0.05, 0) is 55.8 Å². The van der Waals surface area contributed by atoms with E-state index in [0.29, 0.717) is 6.04 Å². The molecule has 3 aromatic rings. The lowest BCUT2D eigenvalue weighted by molar-refractivity contribution is 0.0852. The normalized spacial score (nSPS) is 21.7. The summed E-state index contributed by atoms with van der Waals surface area (Å²) in [5.74, 6) is 0.895. The molecule has 2 aromatic carbocycles. The zero-order chi connectivity index (χ0) is 19.6. The van der Waals surface area contributed by atoms with Crippen molar-refractivity contribution in [3.63, 3.8) is 0 Å². The summed E-state index contributed by atoms with van der Waals surface area (Å²) in [6.45, 7) is 7.29. The fourth-order valence-corrected chi connectivity index (χ4v) is 4.81. The molecule has 152 valence electrons. The number of rotatable bonds is 4. The van der Waals surface area contributed by atoms with Crippen LogP contribution in [0.5, 0.6) is 0 Å². The molecule has 0 spiro atoms. The molecule has 5 rings (SSSR count). The quantitative estimate of drug-likeness (QED) is 0.657. The van der Waals surface area contributed by atoms with Gasteiger partial charge in [0.1, 0.15) is 17.2 Å². The summed E-state index contributed by atoms with van der Waals surface area (Å²) in [5.41, 5.74) is 2.11. The number of benzene rings is 2. The minimum atomic E-state index is -0.167. The molecule has 1 unspecified atom stereocenters. The summed E-state index contributed by atoms with van der Waals surface area (Å²) in [5, 5.41) is 1.19. The number of likely N-dealkylation sites (tertiary alicyclic amines) is 1. The van der Waals surface area contributed by atoms with Crippen LogP contribution in [0.15, 0.2) is 59.0 Å². The van der Waals surface area contributed by atoms with E-state index in [1.807, 2.05) is 24.3 Å². The summed E-state index contributed by atoms with van der Waals surface area (Å²) in [4.78, 5) is 7.55. The Hall–Kier alpha value is -2.37. The van der Waals surface area contributed by atoms with E-state index in [4.69, 9.17) is 4.42 Å². The number of piperazine rings is 1. The van der Waals surface area contributed by atoms with E-state index < -0.39 is 0 Å². The van der Waals surface area contributed by atoms with Crippen LogP contribution in [-0.4, -0.2) is 55.1 Å². The number of nitrogens with zero attached hydrogens (tertiary/aromatic N) is 3. The molecular weight excluding hydrogens is 365 g/mol. The molecule has 0 amide bonds. The maximum Gasteiger partial charge on any atom is 0.134 e. The fourth-order valence-electron chi connectivity index (χ4n) is 4.81. The average molecular weight is 394 g/mol. The minimum absolute atomic E-state index is 0.167. The molecular formula is C24H28FN3O. The molecule has 1 aromatic heterocycles. The molecule has 29 heavy (non-hydrogen) atoms. The first kappa shape index (κ1) is 18.6. The second-order valence-corrected chi connectivity index (χ2v) is 8.28. The van der Waals surface area contributed by atoms with Crippen LogP contribution in [0.3, 0.4) is 0 Å². The van der Waals surface area contributed by atoms with Crippen LogP contribution in [0.25, 0.3) is 11.0 Å². The van der Waals surface area contributed by atoms with Gasteiger partial charge in [0.05, 0.1) is 6.54 Å². The van der Waals surface area contributed by atoms with Crippen molar-refractivity contribution in [3.8, 4) is 0 Å². The zero-order valence-corrected chi connectivity index (χ0v) is 16.8. The third-order valence-corrected chi connectivity index (χ3v) is 6.36. The Bertz CT molecular complexity index is 913. The number of hydrogen-bond acceptors (Lipinski definition) is 4. The second kappa shape index (κ2) is 8.17. The van der Waals surface area contributed by atoms with Gasteiger partial charge in [-0.25, -0.2) is 4.39 Å². The number of halogens is 1. The first-order valence-corrected chi connectivity index (χ1v) is 10.7. The van der Waals surface area contributed by atoms with Gasteiger partial charge in [-0.2, -0.15) is 0 Å². The molecule has 0 N–H and O–H groups in total. The van der Waals surface area contributed by atoms with Crippen LogP contribution in [0.4, 0.5) is 10.1 Å². The Morgan fingerprint density at radius 1 is 0.931 bits per heavy atom. The topological polar surface area (TPSA) is 22.9 Å². The molecule has 2 aliphatic rings. The van der Waals surface area contributed by atoms with Gasteiger partial charge in [0.25, 0.3) is 0 Å². The van der Waals surface area contributed by atoms with Crippen molar-refractivity contribution in [2.45, 2.75) is 25.4 Å². The maximum absolute atomic E-state index is 13.2. The van der Waals surface area contributed by atoms with Crippen molar-refractivity contribution in [2.24, 2.45) is 0 Å².